The molecule has 2 aliphatic heterocycles. The van der Waals surface area contributed by atoms with Gasteiger partial charge in [0.25, 0.3) is 0 Å². The number of piperidine rings is 1. The highest BCUT2D eigenvalue weighted by Gasteiger charge is 2.26. The first kappa shape index (κ1) is 21.6. The zero-order chi connectivity index (χ0) is 21.6. The second-order valence-corrected chi connectivity index (χ2v) is 8.37. The van der Waals surface area contributed by atoms with Crippen LogP contribution in [-0.4, -0.2) is 60.9 Å². The number of aromatic nitrogens is 2. The second kappa shape index (κ2) is 10.1. The maximum absolute atomic E-state index is 5.72. The summed E-state index contributed by atoms with van der Waals surface area (Å²) in [5.74, 6) is 5.93. The van der Waals surface area contributed by atoms with Gasteiger partial charge >= 0.3 is 0 Å². The molecule has 0 unspecified atom stereocenters. The minimum absolute atomic E-state index is 0.300. The third-order valence-electron chi connectivity index (χ3n) is 6.32. The van der Waals surface area contributed by atoms with Gasteiger partial charge in [-0.25, -0.2) is 9.97 Å². The SMILES string of the molecule is C#CCOc1ccccc1CN1CCC(c2nc(C)c(C)c(N3CCOCC3)n2)CC1. The maximum atomic E-state index is 5.72. The number of para-hydroxylation sites is 1. The number of ether oxygens (including phenoxy) is 2. The lowest BCUT2D eigenvalue weighted by Crippen LogP contribution is -2.38. The minimum Gasteiger partial charge on any atom is -0.481 e. The maximum Gasteiger partial charge on any atom is 0.148 e. The van der Waals surface area contributed by atoms with Crippen LogP contribution in [0.2, 0.25) is 0 Å². The fourth-order valence-electron chi connectivity index (χ4n) is 4.39. The van der Waals surface area contributed by atoms with Crippen molar-refractivity contribution >= 4 is 5.82 Å². The quantitative estimate of drug-likeness (QED) is 0.669. The van der Waals surface area contributed by atoms with Gasteiger partial charge in [0.05, 0.1) is 13.2 Å². The van der Waals surface area contributed by atoms with Crippen molar-refractivity contribution in [1.29, 1.82) is 0 Å². The Morgan fingerprint density at radius 1 is 1.10 bits per heavy atom. The molecular formula is C25H32N4O2. The van der Waals surface area contributed by atoms with E-state index in [1.165, 1.54) is 11.1 Å². The Kier molecular flexibility index (Phi) is 7.06. The van der Waals surface area contributed by atoms with Gasteiger partial charge < -0.3 is 14.4 Å². The summed E-state index contributed by atoms with van der Waals surface area (Å²) in [6.07, 6.45) is 7.49. The number of hydrogen-bond acceptors (Lipinski definition) is 6. The molecule has 31 heavy (non-hydrogen) atoms. The average Bonchev–Trinajstić information content (AvgIpc) is 2.81. The molecule has 0 N–H and O–H groups in total. The van der Waals surface area contributed by atoms with Crippen LogP contribution in [0.4, 0.5) is 5.82 Å². The summed E-state index contributed by atoms with van der Waals surface area (Å²) in [4.78, 5) is 14.8. The Morgan fingerprint density at radius 3 is 2.58 bits per heavy atom. The molecule has 2 fully saturated rings. The summed E-state index contributed by atoms with van der Waals surface area (Å²) in [6.45, 7) is 10.8. The number of morpholine rings is 1. The molecule has 0 atom stereocenters. The zero-order valence-electron chi connectivity index (χ0n) is 18.6. The van der Waals surface area contributed by atoms with Crippen LogP contribution in [0.25, 0.3) is 0 Å². The molecule has 6 heteroatoms. The Balaban J connectivity index is 1.41. The number of likely N-dealkylation sites (tertiary alicyclic amines) is 1. The number of nitrogens with zero attached hydrogens (tertiary/aromatic N) is 4. The summed E-state index contributed by atoms with van der Waals surface area (Å²) in [5, 5.41) is 0. The van der Waals surface area contributed by atoms with Gasteiger partial charge in [-0.05, 0) is 45.8 Å². The van der Waals surface area contributed by atoms with Crippen molar-refractivity contribution in [2.45, 2.75) is 39.2 Å². The van der Waals surface area contributed by atoms with E-state index in [1.54, 1.807) is 0 Å². The molecule has 0 radical (unpaired) electrons. The Hall–Kier alpha value is -2.62. The van der Waals surface area contributed by atoms with Gasteiger partial charge in [0.15, 0.2) is 0 Å². The van der Waals surface area contributed by atoms with E-state index in [9.17, 15) is 0 Å². The lowest BCUT2D eigenvalue weighted by Gasteiger charge is -2.33. The van der Waals surface area contributed by atoms with Crippen LogP contribution < -0.4 is 9.64 Å². The Labute approximate surface area is 185 Å². The molecule has 6 nitrogen and oxygen atoms in total. The molecule has 1 aromatic heterocycles. The lowest BCUT2D eigenvalue weighted by molar-refractivity contribution is 0.122. The van der Waals surface area contributed by atoms with Crippen molar-refractivity contribution in [2.24, 2.45) is 0 Å². The zero-order valence-corrected chi connectivity index (χ0v) is 18.6. The Bertz CT molecular complexity index is 926. The highest BCUT2D eigenvalue weighted by Crippen LogP contribution is 2.31. The van der Waals surface area contributed by atoms with Crippen LogP contribution in [0.15, 0.2) is 24.3 Å². The fourth-order valence-corrected chi connectivity index (χ4v) is 4.39. The number of terminal acetylenes is 1. The topological polar surface area (TPSA) is 50.7 Å². The molecule has 0 aliphatic carbocycles. The molecule has 2 aliphatic rings. The van der Waals surface area contributed by atoms with Crippen LogP contribution in [0.5, 0.6) is 5.75 Å². The molecule has 0 bridgehead atoms. The number of benzene rings is 1. The first-order chi connectivity index (χ1) is 15.2. The van der Waals surface area contributed by atoms with Crippen molar-refractivity contribution in [3.05, 3.63) is 46.9 Å². The first-order valence-corrected chi connectivity index (χ1v) is 11.2. The van der Waals surface area contributed by atoms with Crippen LogP contribution in [0.1, 0.15) is 41.4 Å². The number of anilines is 1. The largest absolute Gasteiger partial charge is 0.481 e. The van der Waals surface area contributed by atoms with Crippen LogP contribution >= 0.6 is 0 Å². The third kappa shape index (κ3) is 5.17. The van der Waals surface area contributed by atoms with E-state index in [1.807, 2.05) is 12.1 Å². The fraction of sp³-hybridized carbons (Fsp3) is 0.520. The van der Waals surface area contributed by atoms with Crippen LogP contribution in [0.3, 0.4) is 0 Å². The lowest BCUT2D eigenvalue weighted by atomic mass is 9.95. The molecular weight excluding hydrogens is 388 g/mol. The van der Waals surface area contributed by atoms with Crippen molar-refractivity contribution in [2.75, 3.05) is 50.9 Å². The number of rotatable bonds is 6. The predicted molar refractivity (Wildman–Crippen MR) is 123 cm³/mol. The third-order valence-corrected chi connectivity index (χ3v) is 6.32. The molecule has 2 saturated heterocycles. The molecule has 0 spiro atoms. The van der Waals surface area contributed by atoms with E-state index in [4.69, 9.17) is 25.9 Å². The van der Waals surface area contributed by atoms with Gasteiger partial charge in [0, 0.05) is 42.4 Å². The van der Waals surface area contributed by atoms with Crippen LogP contribution in [-0.2, 0) is 11.3 Å². The summed E-state index contributed by atoms with van der Waals surface area (Å²) in [6, 6.07) is 8.17. The minimum atomic E-state index is 0.300. The molecule has 0 saturated carbocycles. The van der Waals surface area contributed by atoms with E-state index in [-0.39, 0.29) is 0 Å². The van der Waals surface area contributed by atoms with E-state index < -0.39 is 0 Å². The normalized spacial score (nSPS) is 18.0. The van der Waals surface area contributed by atoms with Crippen molar-refractivity contribution in [3.8, 4) is 18.1 Å². The molecule has 0 amide bonds. The van der Waals surface area contributed by atoms with Gasteiger partial charge in [-0.3, -0.25) is 4.90 Å². The highest BCUT2D eigenvalue weighted by atomic mass is 16.5. The second-order valence-electron chi connectivity index (χ2n) is 8.37. The highest BCUT2D eigenvalue weighted by molar-refractivity contribution is 5.49. The van der Waals surface area contributed by atoms with E-state index >= 15 is 0 Å². The van der Waals surface area contributed by atoms with Crippen molar-refractivity contribution in [3.63, 3.8) is 0 Å². The van der Waals surface area contributed by atoms with Gasteiger partial charge in [-0.15, -0.1) is 6.42 Å². The molecule has 4 rings (SSSR count). The van der Waals surface area contributed by atoms with E-state index in [2.05, 4.69) is 41.7 Å². The van der Waals surface area contributed by atoms with Gasteiger partial charge in [-0.2, -0.15) is 0 Å². The van der Waals surface area contributed by atoms with Crippen LogP contribution in [0, 0.1) is 26.2 Å². The summed E-state index contributed by atoms with van der Waals surface area (Å²) in [7, 11) is 0. The van der Waals surface area contributed by atoms with Gasteiger partial charge in [0.2, 0.25) is 0 Å². The van der Waals surface area contributed by atoms with Crippen molar-refractivity contribution in [1.82, 2.24) is 14.9 Å². The number of hydrogen-bond donors (Lipinski definition) is 0. The number of aryl methyl sites for hydroxylation is 1. The smallest absolute Gasteiger partial charge is 0.148 e. The summed E-state index contributed by atoms with van der Waals surface area (Å²) >= 11 is 0. The predicted octanol–water partition coefficient (Wildman–Crippen LogP) is 3.32. The van der Waals surface area contributed by atoms with Gasteiger partial charge in [-0.1, -0.05) is 24.1 Å². The summed E-state index contributed by atoms with van der Waals surface area (Å²) < 4.78 is 11.2. The van der Waals surface area contributed by atoms with Gasteiger partial charge in [0.1, 0.15) is 24.0 Å². The molecule has 164 valence electrons. The first-order valence-electron chi connectivity index (χ1n) is 11.2. The van der Waals surface area contributed by atoms with Crippen molar-refractivity contribution < 1.29 is 9.47 Å². The molecule has 3 heterocycles. The molecule has 1 aromatic carbocycles. The summed E-state index contributed by atoms with van der Waals surface area (Å²) in [5.41, 5.74) is 3.47. The van der Waals surface area contributed by atoms with E-state index in [0.29, 0.717) is 12.5 Å². The Morgan fingerprint density at radius 2 is 1.84 bits per heavy atom. The monoisotopic (exact) mass is 420 g/mol. The standard InChI is InChI=1S/C25H32N4O2/c1-4-15-31-23-8-6-5-7-22(23)18-28-11-9-21(10-12-28)24-26-20(3)19(2)25(27-24)29-13-16-30-17-14-29/h1,5-8,21H,9-18H2,2-3H3. The molecule has 2 aromatic rings. The average molecular weight is 421 g/mol. The van der Waals surface area contributed by atoms with E-state index in [0.717, 1.165) is 81.9 Å².